The van der Waals surface area contributed by atoms with E-state index in [1.165, 1.54) is 5.56 Å². The molecular formula is C10H16N2S2. The van der Waals surface area contributed by atoms with Crippen LogP contribution >= 0.6 is 23.5 Å². The fraction of sp³-hybridized carbons (Fsp3) is 0.400. The number of thioether (sulfide) groups is 2. The summed E-state index contributed by atoms with van der Waals surface area (Å²) in [5.41, 5.74) is 16.1. The standard InChI is InChI=1S/C10H16N2S2/c1-5-6(2)9(13-3)8(12)10(14-4)7(5)11/h11-12H2,1-4H3. The van der Waals surface area contributed by atoms with Crippen molar-refractivity contribution in [3.05, 3.63) is 11.1 Å². The highest BCUT2D eigenvalue weighted by Crippen LogP contribution is 2.41. The minimum atomic E-state index is 0.824. The van der Waals surface area contributed by atoms with Crippen LogP contribution in [0.1, 0.15) is 11.1 Å². The Bertz CT molecular complexity index is 331. The van der Waals surface area contributed by atoms with Gasteiger partial charge in [0.1, 0.15) is 0 Å². The molecule has 0 aliphatic heterocycles. The van der Waals surface area contributed by atoms with Gasteiger partial charge in [-0.05, 0) is 37.5 Å². The van der Waals surface area contributed by atoms with E-state index in [1.807, 2.05) is 19.4 Å². The highest BCUT2D eigenvalue weighted by Gasteiger charge is 2.14. The summed E-state index contributed by atoms with van der Waals surface area (Å²) < 4.78 is 0. The van der Waals surface area contributed by atoms with Crippen molar-refractivity contribution >= 4 is 34.9 Å². The second kappa shape index (κ2) is 4.36. The predicted octanol–water partition coefficient (Wildman–Crippen LogP) is 2.91. The van der Waals surface area contributed by atoms with Gasteiger partial charge in [-0.3, -0.25) is 0 Å². The van der Waals surface area contributed by atoms with Crippen molar-refractivity contribution < 1.29 is 0 Å². The molecule has 0 saturated heterocycles. The van der Waals surface area contributed by atoms with Crippen LogP contribution in [0, 0.1) is 13.8 Å². The van der Waals surface area contributed by atoms with Crippen molar-refractivity contribution in [2.75, 3.05) is 24.0 Å². The van der Waals surface area contributed by atoms with Crippen molar-refractivity contribution in [2.45, 2.75) is 23.6 Å². The van der Waals surface area contributed by atoms with Gasteiger partial charge in [-0.25, -0.2) is 0 Å². The first-order valence-electron chi connectivity index (χ1n) is 4.30. The molecular weight excluding hydrogens is 212 g/mol. The summed E-state index contributed by atoms with van der Waals surface area (Å²) in [5.74, 6) is 0. The summed E-state index contributed by atoms with van der Waals surface area (Å²) in [6.45, 7) is 4.11. The van der Waals surface area contributed by atoms with Crippen molar-refractivity contribution in [2.24, 2.45) is 0 Å². The number of hydrogen-bond acceptors (Lipinski definition) is 4. The SMILES string of the molecule is CSc1c(C)c(C)c(N)c(SC)c1N. The summed E-state index contributed by atoms with van der Waals surface area (Å²) >= 11 is 3.29. The normalized spacial score (nSPS) is 10.6. The molecule has 0 saturated carbocycles. The van der Waals surface area contributed by atoms with E-state index in [2.05, 4.69) is 6.92 Å². The molecule has 0 fully saturated rings. The van der Waals surface area contributed by atoms with Crippen molar-refractivity contribution in [1.82, 2.24) is 0 Å². The summed E-state index contributed by atoms with van der Waals surface area (Å²) in [6, 6.07) is 0. The van der Waals surface area contributed by atoms with Gasteiger partial charge in [-0.15, -0.1) is 23.5 Å². The molecule has 1 aromatic rings. The fourth-order valence-corrected chi connectivity index (χ4v) is 3.02. The Labute approximate surface area is 93.8 Å². The van der Waals surface area contributed by atoms with E-state index >= 15 is 0 Å². The van der Waals surface area contributed by atoms with Crippen molar-refractivity contribution in [1.29, 1.82) is 0 Å². The maximum Gasteiger partial charge on any atom is 0.0614 e. The van der Waals surface area contributed by atoms with Crippen LogP contribution < -0.4 is 11.5 Å². The molecule has 0 amide bonds. The van der Waals surface area contributed by atoms with Gasteiger partial charge in [-0.2, -0.15) is 0 Å². The molecule has 1 aromatic carbocycles. The molecule has 0 unspecified atom stereocenters. The summed E-state index contributed by atoms with van der Waals surface area (Å²) in [7, 11) is 0. The molecule has 1 rings (SSSR count). The minimum Gasteiger partial charge on any atom is -0.398 e. The lowest BCUT2D eigenvalue weighted by molar-refractivity contribution is 1.19. The van der Waals surface area contributed by atoms with Gasteiger partial charge >= 0.3 is 0 Å². The first-order chi connectivity index (χ1) is 6.54. The maximum atomic E-state index is 6.05. The minimum absolute atomic E-state index is 0.824. The van der Waals surface area contributed by atoms with E-state index in [0.717, 1.165) is 26.7 Å². The second-order valence-corrected chi connectivity index (χ2v) is 4.78. The Morgan fingerprint density at radius 1 is 0.786 bits per heavy atom. The van der Waals surface area contributed by atoms with Gasteiger partial charge in [0.25, 0.3) is 0 Å². The first kappa shape index (κ1) is 11.6. The topological polar surface area (TPSA) is 52.0 Å². The molecule has 0 aliphatic carbocycles. The number of rotatable bonds is 2. The van der Waals surface area contributed by atoms with Crippen LogP contribution in [-0.2, 0) is 0 Å². The van der Waals surface area contributed by atoms with Crippen LogP contribution in [-0.4, -0.2) is 12.5 Å². The zero-order valence-corrected chi connectivity index (χ0v) is 10.6. The number of hydrogen-bond donors (Lipinski definition) is 2. The van der Waals surface area contributed by atoms with Crippen LogP contribution in [0.5, 0.6) is 0 Å². The van der Waals surface area contributed by atoms with Gasteiger partial charge in [0.15, 0.2) is 0 Å². The first-order valence-corrected chi connectivity index (χ1v) is 6.75. The second-order valence-electron chi connectivity index (χ2n) is 3.14. The molecule has 4 heteroatoms. The van der Waals surface area contributed by atoms with E-state index in [-0.39, 0.29) is 0 Å². The Hall–Kier alpha value is -0.480. The van der Waals surface area contributed by atoms with Gasteiger partial charge in [0, 0.05) is 4.90 Å². The molecule has 4 N–H and O–H groups in total. The molecule has 78 valence electrons. The Morgan fingerprint density at radius 2 is 1.29 bits per heavy atom. The van der Waals surface area contributed by atoms with Crippen LogP contribution in [0.25, 0.3) is 0 Å². The van der Waals surface area contributed by atoms with Gasteiger partial charge in [0.2, 0.25) is 0 Å². The average Bonchev–Trinajstić information content (AvgIpc) is 2.16. The van der Waals surface area contributed by atoms with E-state index in [0.29, 0.717) is 0 Å². The lowest BCUT2D eigenvalue weighted by Crippen LogP contribution is -2.02. The molecule has 0 aromatic heterocycles. The van der Waals surface area contributed by atoms with E-state index in [9.17, 15) is 0 Å². The van der Waals surface area contributed by atoms with E-state index in [4.69, 9.17) is 11.5 Å². The van der Waals surface area contributed by atoms with E-state index in [1.54, 1.807) is 23.5 Å². The molecule has 0 spiro atoms. The zero-order valence-electron chi connectivity index (χ0n) is 8.97. The Balaban J connectivity index is 3.56. The molecule has 14 heavy (non-hydrogen) atoms. The van der Waals surface area contributed by atoms with Gasteiger partial charge in [-0.1, -0.05) is 0 Å². The maximum absolute atomic E-state index is 6.05. The van der Waals surface area contributed by atoms with Crippen LogP contribution in [0.3, 0.4) is 0 Å². The number of nitrogens with two attached hydrogens (primary N) is 2. The number of nitrogen functional groups attached to an aromatic ring is 2. The average molecular weight is 228 g/mol. The lowest BCUT2D eigenvalue weighted by Gasteiger charge is -2.16. The quantitative estimate of drug-likeness (QED) is 0.603. The predicted molar refractivity (Wildman–Crippen MR) is 68.3 cm³/mol. The third-order valence-electron chi connectivity index (χ3n) is 2.45. The number of anilines is 2. The molecule has 0 aliphatic rings. The highest BCUT2D eigenvalue weighted by atomic mass is 32.2. The Morgan fingerprint density at radius 3 is 1.71 bits per heavy atom. The zero-order chi connectivity index (χ0) is 10.9. The lowest BCUT2D eigenvalue weighted by atomic mass is 10.1. The van der Waals surface area contributed by atoms with Gasteiger partial charge in [0.05, 0.1) is 16.3 Å². The molecule has 2 nitrogen and oxygen atoms in total. The summed E-state index contributed by atoms with van der Waals surface area (Å²) in [4.78, 5) is 2.17. The molecule has 0 radical (unpaired) electrons. The molecule has 0 heterocycles. The van der Waals surface area contributed by atoms with Crippen molar-refractivity contribution in [3.8, 4) is 0 Å². The number of benzene rings is 1. The largest absolute Gasteiger partial charge is 0.398 e. The monoisotopic (exact) mass is 228 g/mol. The highest BCUT2D eigenvalue weighted by molar-refractivity contribution is 7.99. The van der Waals surface area contributed by atoms with Crippen LogP contribution in [0.2, 0.25) is 0 Å². The van der Waals surface area contributed by atoms with Gasteiger partial charge < -0.3 is 11.5 Å². The van der Waals surface area contributed by atoms with Crippen molar-refractivity contribution in [3.63, 3.8) is 0 Å². The fourth-order valence-electron chi connectivity index (χ4n) is 1.48. The molecule has 0 bridgehead atoms. The van der Waals surface area contributed by atoms with Crippen LogP contribution in [0.4, 0.5) is 11.4 Å². The van der Waals surface area contributed by atoms with E-state index < -0.39 is 0 Å². The third kappa shape index (κ3) is 1.68. The van der Waals surface area contributed by atoms with Crippen LogP contribution in [0.15, 0.2) is 9.79 Å². The summed E-state index contributed by atoms with van der Waals surface area (Å²) in [5, 5.41) is 0. The smallest absolute Gasteiger partial charge is 0.0614 e. The molecule has 0 atom stereocenters. The summed E-state index contributed by atoms with van der Waals surface area (Å²) in [6.07, 6.45) is 4.04. The Kier molecular flexibility index (Phi) is 3.61. The third-order valence-corrected chi connectivity index (χ3v) is 4.23.